The Bertz CT molecular complexity index is 504. The van der Waals surface area contributed by atoms with E-state index in [2.05, 4.69) is 10.2 Å². The highest BCUT2D eigenvalue weighted by molar-refractivity contribution is 7.99. The van der Waals surface area contributed by atoms with Crippen LogP contribution in [0.25, 0.3) is 0 Å². The molecule has 2 rings (SSSR count). The Hall–Kier alpha value is -1.14. The molecule has 6 heteroatoms. The van der Waals surface area contributed by atoms with Crippen LogP contribution in [0.3, 0.4) is 0 Å². The lowest BCUT2D eigenvalue weighted by molar-refractivity contribution is 0.102. The third-order valence-corrected chi connectivity index (χ3v) is 3.71. The van der Waals surface area contributed by atoms with Crippen molar-refractivity contribution >= 4 is 28.9 Å². The molecule has 0 bridgehead atoms. The van der Waals surface area contributed by atoms with Gasteiger partial charge in [-0.25, -0.2) is 0 Å². The van der Waals surface area contributed by atoms with Gasteiger partial charge in [-0.3, -0.25) is 4.79 Å². The fourth-order valence-corrected chi connectivity index (χ4v) is 2.70. The number of carbonyl (C=O) groups excluding carboxylic acids is 1. The fourth-order valence-electron chi connectivity index (χ4n) is 1.12. The van der Waals surface area contributed by atoms with Gasteiger partial charge >= 0.3 is 0 Å². The smallest absolute Gasteiger partial charge is 0.277 e. The Morgan fingerprint density at radius 2 is 2.25 bits per heavy atom. The molecule has 0 aliphatic rings. The summed E-state index contributed by atoms with van der Waals surface area (Å²) < 4.78 is 5.17. The Kier molecular flexibility index (Phi) is 3.40. The fraction of sp³-hybridized carbons (Fsp3) is 0.300. The predicted molar refractivity (Wildman–Crippen MR) is 63.1 cm³/mol. The van der Waals surface area contributed by atoms with Gasteiger partial charge in [0, 0.05) is 11.8 Å². The summed E-state index contributed by atoms with van der Waals surface area (Å²) in [5, 5.41) is 7.95. The summed E-state index contributed by atoms with van der Waals surface area (Å²) in [6.45, 7) is 3.71. The van der Waals surface area contributed by atoms with Crippen LogP contribution in [0.2, 0.25) is 0 Å². The summed E-state index contributed by atoms with van der Waals surface area (Å²) in [5.74, 6) is 0.947. The molecule has 0 spiro atoms. The summed E-state index contributed by atoms with van der Waals surface area (Å²) in [6.07, 6.45) is 0. The molecule has 0 unspecified atom stereocenters. The van der Waals surface area contributed by atoms with Gasteiger partial charge in [0.15, 0.2) is 5.78 Å². The number of hydrogen-bond acceptors (Lipinski definition) is 6. The van der Waals surface area contributed by atoms with Crippen LogP contribution in [0.1, 0.15) is 20.4 Å². The van der Waals surface area contributed by atoms with E-state index in [9.17, 15) is 4.79 Å². The minimum Gasteiger partial charge on any atom is -0.416 e. The number of carbonyl (C=O) groups is 1. The Balaban J connectivity index is 1.93. The molecule has 4 nitrogen and oxygen atoms in total. The molecule has 0 N–H and O–H groups in total. The molecule has 0 saturated heterocycles. The van der Waals surface area contributed by atoms with Crippen molar-refractivity contribution in [1.29, 1.82) is 0 Å². The minimum absolute atomic E-state index is 0.0963. The quantitative estimate of drug-likeness (QED) is 0.620. The molecule has 16 heavy (non-hydrogen) atoms. The highest BCUT2D eigenvalue weighted by Gasteiger charge is 2.11. The van der Waals surface area contributed by atoms with E-state index in [1.807, 2.05) is 19.1 Å². The number of hydrogen-bond donors (Lipinski definition) is 0. The number of Topliss-reactive ketones (excluding diaryl/α,β-unsaturated/α-hetero) is 1. The standard InChI is InChI=1S/C10H10N2O2S2/c1-6-3-4-9(16-6)8(13)5-15-10-12-11-7(2)14-10/h3-4H,5H2,1-2H3. The summed E-state index contributed by atoms with van der Waals surface area (Å²) in [7, 11) is 0. The van der Waals surface area contributed by atoms with Gasteiger partial charge in [-0.1, -0.05) is 11.8 Å². The molecule has 2 aromatic heterocycles. The number of rotatable bonds is 4. The van der Waals surface area contributed by atoms with Crippen LogP contribution in [0.4, 0.5) is 0 Å². The van der Waals surface area contributed by atoms with Crippen molar-refractivity contribution in [3.05, 3.63) is 27.8 Å². The zero-order valence-corrected chi connectivity index (χ0v) is 10.5. The zero-order valence-electron chi connectivity index (χ0n) is 8.89. The first-order valence-electron chi connectivity index (χ1n) is 4.67. The molecule has 0 atom stereocenters. The van der Waals surface area contributed by atoms with Gasteiger partial charge in [0.05, 0.1) is 10.6 Å². The van der Waals surface area contributed by atoms with Crippen molar-refractivity contribution in [1.82, 2.24) is 10.2 Å². The normalized spacial score (nSPS) is 10.6. The van der Waals surface area contributed by atoms with Crippen molar-refractivity contribution < 1.29 is 9.21 Å². The Morgan fingerprint density at radius 3 is 2.81 bits per heavy atom. The summed E-state index contributed by atoms with van der Waals surface area (Å²) >= 11 is 2.78. The van der Waals surface area contributed by atoms with Crippen molar-refractivity contribution in [3.63, 3.8) is 0 Å². The van der Waals surface area contributed by atoms with E-state index in [0.717, 1.165) is 9.75 Å². The van der Waals surface area contributed by atoms with Crippen LogP contribution in [-0.2, 0) is 0 Å². The zero-order chi connectivity index (χ0) is 11.5. The minimum atomic E-state index is 0.0963. The van der Waals surface area contributed by atoms with Crippen molar-refractivity contribution in [3.8, 4) is 0 Å². The Labute approximate surface area is 101 Å². The van der Waals surface area contributed by atoms with E-state index in [4.69, 9.17) is 4.42 Å². The molecule has 0 saturated carbocycles. The van der Waals surface area contributed by atoms with Crippen LogP contribution < -0.4 is 0 Å². The van der Waals surface area contributed by atoms with Gasteiger partial charge in [-0.2, -0.15) is 0 Å². The van der Waals surface area contributed by atoms with Crippen LogP contribution in [0, 0.1) is 13.8 Å². The molecular formula is C10H10N2O2S2. The maximum atomic E-state index is 11.7. The molecule has 0 radical (unpaired) electrons. The van der Waals surface area contributed by atoms with E-state index in [1.54, 1.807) is 6.92 Å². The second kappa shape index (κ2) is 4.80. The molecule has 0 aliphatic heterocycles. The maximum absolute atomic E-state index is 11.7. The van der Waals surface area contributed by atoms with Crippen LogP contribution in [-0.4, -0.2) is 21.7 Å². The van der Waals surface area contributed by atoms with Gasteiger partial charge in [-0.15, -0.1) is 21.5 Å². The van der Waals surface area contributed by atoms with Crippen LogP contribution in [0.5, 0.6) is 0 Å². The van der Waals surface area contributed by atoms with Crippen molar-refractivity contribution in [2.45, 2.75) is 19.1 Å². The number of ketones is 1. The lowest BCUT2D eigenvalue weighted by Gasteiger charge is -1.93. The SMILES string of the molecule is Cc1nnc(SCC(=O)c2ccc(C)s2)o1. The first kappa shape index (κ1) is 11.3. The third kappa shape index (κ3) is 2.70. The lowest BCUT2D eigenvalue weighted by atomic mass is 10.3. The summed E-state index contributed by atoms with van der Waals surface area (Å²) in [5.41, 5.74) is 0. The summed E-state index contributed by atoms with van der Waals surface area (Å²) in [6, 6.07) is 3.79. The van der Waals surface area contributed by atoms with Crippen LogP contribution in [0.15, 0.2) is 21.8 Å². The maximum Gasteiger partial charge on any atom is 0.277 e. The highest BCUT2D eigenvalue weighted by Crippen LogP contribution is 2.21. The number of aryl methyl sites for hydroxylation is 2. The van der Waals surface area contributed by atoms with Gasteiger partial charge in [0.25, 0.3) is 5.22 Å². The monoisotopic (exact) mass is 254 g/mol. The van der Waals surface area contributed by atoms with E-state index >= 15 is 0 Å². The molecular weight excluding hydrogens is 244 g/mol. The lowest BCUT2D eigenvalue weighted by Crippen LogP contribution is -1.99. The number of nitrogens with zero attached hydrogens (tertiary/aromatic N) is 2. The van der Waals surface area contributed by atoms with Gasteiger partial charge in [0.2, 0.25) is 5.89 Å². The topological polar surface area (TPSA) is 56.0 Å². The van der Waals surface area contributed by atoms with Crippen molar-refractivity contribution in [2.24, 2.45) is 0 Å². The van der Waals surface area contributed by atoms with E-state index in [-0.39, 0.29) is 5.78 Å². The molecule has 2 heterocycles. The first-order valence-corrected chi connectivity index (χ1v) is 6.48. The Morgan fingerprint density at radius 1 is 1.44 bits per heavy atom. The molecule has 0 aromatic carbocycles. The average Bonchev–Trinajstić information content (AvgIpc) is 2.84. The first-order chi connectivity index (χ1) is 7.65. The summed E-state index contributed by atoms with van der Waals surface area (Å²) in [4.78, 5) is 13.7. The number of thioether (sulfide) groups is 1. The van der Waals surface area contributed by atoms with Crippen LogP contribution >= 0.6 is 23.1 Å². The third-order valence-electron chi connectivity index (χ3n) is 1.85. The number of aromatic nitrogens is 2. The second-order valence-corrected chi connectivity index (χ2v) is 5.42. The molecule has 0 fully saturated rings. The highest BCUT2D eigenvalue weighted by atomic mass is 32.2. The van der Waals surface area contributed by atoms with E-state index < -0.39 is 0 Å². The molecule has 0 amide bonds. The van der Waals surface area contributed by atoms with E-state index in [0.29, 0.717) is 16.9 Å². The largest absolute Gasteiger partial charge is 0.416 e. The van der Waals surface area contributed by atoms with Crippen molar-refractivity contribution in [2.75, 3.05) is 5.75 Å². The average molecular weight is 254 g/mol. The number of thiophene rings is 1. The molecule has 2 aromatic rings. The van der Waals surface area contributed by atoms with Gasteiger partial charge in [0.1, 0.15) is 0 Å². The van der Waals surface area contributed by atoms with Gasteiger partial charge < -0.3 is 4.42 Å². The molecule has 84 valence electrons. The second-order valence-electron chi connectivity index (χ2n) is 3.21. The molecule has 0 aliphatic carbocycles. The predicted octanol–water partition coefficient (Wildman–Crippen LogP) is 2.72. The van der Waals surface area contributed by atoms with E-state index in [1.165, 1.54) is 23.1 Å². The van der Waals surface area contributed by atoms with Gasteiger partial charge in [-0.05, 0) is 19.1 Å².